The minimum Gasteiger partial charge on any atom is -0.462 e. The number of rotatable bonds is 5. The Kier molecular flexibility index (Phi) is 5.44. The van der Waals surface area contributed by atoms with Gasteiger partial charge in [0, 0.05) is 6.20 Å². The maximum Gasteiger partial charge on any atom is 0.356 e. The van der Waals surface area contributed by atoms with Gasteiger partial charge in [-0.1, -0.05) is 17.7 Å². The van der Waals surface area contributed by atoms with Crippen LogP contribution in [0.5, 0.6) is 0 Å². The van der Waals surface area contributed by atoms with Crippen molar-refractivity contribution in [3.63, 3.8) is 0 Å². The molecule has 0 amide bonds. The third-order valence-corrected chi connectivity index (χ3v) is 3.73. The summed E-state index contributed by atoms with van der Waals surface area (Å²) in [5, 5.41) is 0. The summed E-state index contributed by atoms with van der Waals surface area (Å²) in [4.78, 5) is 24.7. The summed E-state index contributed by atoms with van der Waals surface area (Å²) in [6.45, 7) is 9.93. The van der Waals surface area contributed by atoms with E-state index < -0.39 is 11.9 Å². The second-order valence-electron chi connectivity index (χ2n) is 5.64. The highest BCUT2D eigenvalue weighted by atomic mass is 16.5. The Labute approximate surface area is 142 Å². The van der Waals surface area contributed by atoms with Crippen LogP contribution in [0.25, 0.3) is 5.69 Å². The summed E-state index contributed by atoms with van der Waals surface area (Å²) in [6, 6.07) is 5.69. The predicted octanol–water partition coefficient (Wildman–Crippen LogP) is 3.76. The van der Waals surface area contributed by atoms with Crippen molar-refractivity contribution in [2.75, 3.05) is 13.2 Å². The number of esters is 2. The lowest BCUT2D eigenvalue weighted by atomic mass is 10.0. The molecule has 1 aromatic heterocycles. The van der Waals surface area contributed by atoms with E-state index in [-0.39, 0.29) is 24.5 Å². The predicted molar refractivity (Wildman–Crippen MR) is 91.9 cm³/mol. The summed E-state index contributed by atoms with van der Waals surface area (Å²) >= 11 is 0. The highest BCUT2D eigenvalue weighted by Gasteiger charge is 2.25. The molecule has 0 aliphatic rings. The van der Waals surface area contributed by atoms with E-state index in [1.165, 1.54) is 0 Å². The Balaban J connectivity index is 2.67. The second kappa shape index (κ2) is 7.34. The van der Waals surface area contributed by atoms with Crippen LogP contribution in [0, 0.1) is 20.8 Å². The molecule has 1 aromatic carbocycles. The van der Waals surface area contributed by atoms with Crippen LogP contribution < -0.4 is 0 Å². The number of benzene rings is 1. The van der Waals surface area contributed by atoms with Gasteiger partial charge in [-0.15, -0.1) is 0 Å². The molecule has 2 aromatic rings. The molecule has 0 aliphatic heterocycles. The lowest BCUT2D eigenvalue weighted by Gasteiger charge is -2.16. The van der Waals surface area contributed by atoms with Gasteiger partial charge in [-0.05, 0) is 51.8 Å². The number of carbonyl (C=O) groups is 2. The molecule has 0 bridgehead atoms. The monoisotopic (exact) mass is 329 g/mol. The first-order valence-electron chi connectivity index (χ1n) is 8.04. The molecule has 0 atom stereocenters. The Morgan fingerprint density at radius 1 is 0.958 bits per heavy atom. The van der Waals surface area contributed by atoms with Crippen LogP contribution in [-0.4, -0.2) is 29.7 Å². The first-order valence-corrected chi connectivity index (χ1v) is 8.04. The SMILES string of the molecule is CCOC(=O)c1ccn(-c2c(C)cc(C)cc2C)c1C(=O)OCC. The quantitative estimate of drug-likeness (QED) is 0.784. The van der Waals surface area contributed by atoms with Crippen molar-refractivity contribution in [2.24, 2.45) is 0 Å². The molecular weight excluding hydrogens is 306 g/mol. The molecule has 24 heavy (non-hydrogen) atoms. The minimum atomic E-state index is -0.537. The van der Waals surface area contributed by atoms with Crippen molar-refractivity contribution < 1.29 is 19.1 Å². The summed E-state index contributed by atoms with van der Waals surface area (Å²) < 4.78 is 11.9. The number of aromatic nitrogens is 1. The van der Waals surface area contributed by atoms with Crippen molar-refractivity contribution >= 4 is 11.9 Å². The number of nitrogens with zero attached hydrogens (tertiary/aromatic N) is 1. The smallest absolute Gasteiger partial charge is 0.356 e. The first-order chi connectivity index (χ1) is 11.4. The molecule has 0 fully saturated rings. The second-order valence-corrected chi connectivity index (χ2v) is 5.64. The van der Waals surface area contributed by atoms with Gasteiger partial charge in [0.2, 0.25) is 0 Å². The molecule has 0 saturated heterocycles. The Morgan fingerprint density at radius 2 is 1.50 bits per heavy atom. The zero-order valence-corrected chi connectivity index (χ0v) is 14.8. The lowest BCUT2D eigenvalue weighted by Crippen LogP contribution is -2.17. The molecule has 0 aliphatic carbocycles. The van der Waals surface area contributed by atoms with Crippen molar-refractivity contribution in [2.45, 2.75) is 34.6 Å². The largest absolute Gasteiger partial charge is 0.462 e. The molecule has 0 spiro atoms. The Hall–Kier alpha value is -2.56. The van der Waals surface area contributed by atoms with Gasteiger partial charge in [0.1, 0.15) is 5.69 Å². The average Bonchev–Trinajstić information content (AvgIpc) is 2.91. The van der Waals surface area contributed by atoms with Gasteiger partial charge in [0.25, 0.3) is 0 Å². The summed E-state index contributed by atoms with van der Waals surface area (Å²) in [5.41, 5.74) is 4.47. The van der Waals surface area contributed by atoms with Crippen LogP contribution in [0.3, 0.4) is 0 Å². The van der Waals surface area contributed by atoms with E-state index in [1.54, 1.807) is 30.7 Å². The van der Waals surface area contributed by atoms with Gasteiger partial charge >= 0.3 is 11.9 Å². The summed E-state index contributed by atoms with van der Waals surface area (Å²) in [7, 11) is 0. The number of hydrogen-bond acceptors (Lipinski definition) is 4. The summed E-state index contributed by atoms with van der Waals surface area (Å²) in [5.74, 6) is -1.06. The normalized spacial score (nSPS) is 10.5. The maximum absolute atomic E-state index is 12.5. The molecule has 0 saturated carbocycles. The zero-order chi connectivity index (χ0) is 17.9. The molecule has 0 unspecified atom stereocenters. The molecule has 1 heterocycles. The van der Waals surface area contributed by atoms with Crippen molar-refractivity contribution in [3.05, 3.63) is 52.3 Å². The molecule has 0 radical (unpaired) electrons. The first kappa shape index (κ1) is 17.8. The average molecular weight is 329 g/mol. The van der Waals surface area contributed by atoms with E-state index in [0.29, 0.717) is 0 Å². The van der Waals surface area contributed by atoms with Crippen molar-refractivity contribution in [3.8, 4) is 5.69 Å². The van der Waals surface area contributed by atoms with Gasteiger partial charge in [-0.3, -0.25) is 0 Å². The molecule has 128 valence electrons. The van der Waals surface area contributed by atoms with Gasteiger partial charge in [-0.25, -0.2) is 9.59 Å². The fourth-order valence-corrected chi connectivity index (χ4v) is 2.95. The highest BCUT2D eigenvalue weighted by molar-refractivity contribution is 6.02. The summed E-state index contributed by atoms with van der Waals surface area (Å²) in [6.07, 6.45) is 1.71. The maximum atomic E-state index is 12.5. The van der Waals surface area contributed by atoms with E-state index in [4.69, 9.17) is 9.47 Å². The minimum absolute atomic E-state index is 0.199. The molecular formula is C19H23NO4. The Bertz CT molecular complexity index is 751. The van der Waals surface area contributed by atoms with Crippen LogP contribution in [0.15, 0.2) is 24.4 Å². The van der Waals surface area contributed by atoms with Crippen molar-refractivity contribution in [1.82, 2.24) is 4.57 Å². The molecule has 2 rings (SSSR count). The molecule has 5 heteroatoms. The molecule has 5 nitrogen and oxygen atoms in total. The van der Waals surface area contributed by atoms with Gasteiger partial charge < -0.3 is 14.0 Å². The fourth-order valence-electron chi connectivity index (χ4n) is 2.95. The lowest BCUT2D eigenvalue weighted by molar-refractivity contribution is 0.0473. The fraction of sp³-hybridized carbons (Fsp3) is 0.368. The van der Waals surface area contributed by atoms with E-state index in [0.717, 1.165) is 22.4 Å². The van der Waals surface area contributed by atoms with E-state index in [1.807, 2.05) is 32.9 Å². The number of carbonyl (C=O) groups excluding carboxylic acids is 2. The van der Waals surface area contributed by atoms with Crippen LogP contribution in [0.1, 0.15) is 51.4 Å². The number of aryl methyl sites for hydroxylation is 3. The van der Waals surface area contributed by atoms with E-state index in [2.05, 4.69) is 0 Å². The third kappa shape index (κ3) is 3.35. The van der Waals surface area contributed by atoms with Crippen LogP contribution in [-0.2, 0) is 9.47 Å². The third-order valence-electron chi connectivity index (χ3n) is 3.73. The standard InChI is InChI=1S/C19H23NO4/c1-6-23-18(21)15-8-9-20(17(15)19(22)24-7-2)16-13(4)10-12(3)11-14(16)5/h8-11H,6-7H2,1-5H3. The van der Waals surface area contributed by atoms with Gasteiger partial charge in [-0.2, -0.15) is 0 Å². The van der Waals surface area contributed by atoms with E-state index in [9.17, 15) is 9.59 Å². The molecule has 0 N–H and O–H groups in total. The topological polar surface area (TPSA) is 57.5 Å². The highest BCUT2D eigenvalue weighted by Crippen LogP contribution is 2.26. The Morgan fingerprint density at radius 3 is 2.04 bits per heavy atom. The van der Waals surface area contributed by atoms with E-state index >= 15 is 0 Å². The zero-order valence-electron chi connectivity index (χ0n) is 14.8. The van der Waals surface area contributed by atoms with Crippen LogP contribution >= 0.6 is 0 Å². The number of hydrogen-bond donors (Lipinski definition) is 0. The van der Waals surface area contributed by atoms with Crippen LogP contribution in [0.2, 0.25) is 0 Å². The van der Waals surface area contributed by atoms with Crippen LogP contribution in [0.4, 0.5) is 0 Å². The van der Waals surface area contributed by atoms with Gasteiger partial charge in [0.15, 0.2) is 0 Å². The van der Waals surface area contributed by atoms with Crippen molar-refractivity contribution in [1.29, 1.82) is 0 Å². The van der Waals surface area contributed by atoms with Gasteiger partial charge in [0.05, 0.1) is 24.5 Å². The number of ether oxygens (including phenoxy) is 2.